The van der Waals surface area contributed by atoms with Crippen molar-refractivity contribution < 1.29 is 0 Å². The van der Waals surface area contributed by atoms with Crippen LogP contribution in [0.25, 0.3) is 0 Å². The van der Waals surface area contributed by atoms with E-state index in [2.05, 4.69) is 48.5 Å². The number of aryl methyl sites for hydroxylation is 1. The van der Waals surface area contributed by atoms with Crippen LogP contribution < -0.4 is 5.32 Å². The summed E-state index contributed by atoms with van der Waals surface area (Å²) in [5, 5.41) is 8.05. The van der Waals surface area contributed by atoms with Crippen LogP contribution in [0.15, 0.2) is 24.3 Å². The van der Waals surface area contributed by atoms with Gasteiger partial charge in [0, 0.05) is 31.6 Å². The summed E-state index contributed by atoms with van der Waals surface area (Å²) >= 11 is 0. The number of para-hydroxylation sites is 1. The number of aromatic nitrogens is 3. The molecular weight excluding hydrogens is 248 g/mol. The minimum atomic E-state index is 0.353. The van der Waals surface area contributed by atoms with Gasteiger partial charge >= 0.3 is 0 Å². The fourth-order valence-electron chi connectivity index (χ4n) is 2.94. The Morgan fingerprint density at radius 2 is 2.15 bits per heavy atom. The van der Waals surface area contributed by atoms with Gasteiger partial charge in [-0.1, -0.05) is 32.0 Å². The van der Waals surface area contributed by atoms with Gasteiger partial charge in [-0.3, -0.25) is 4.68 Å². The Morgan fingerprint density at radius 1 is 1.35 bits per heavy atom. The second-order valence-electron chi connectivity index (χ2n) is 5.96. The highest BCUT2D eigenvalue weighted by Crippen LogP contribution is 2.35. The smallest absolute Gasteiger partial charge is 0.151 e. The van der Waals surface area contributed by atoms with E-state index in [-0.39, 0.29) is 0 Å². The number of hydrogen-bond donors (Lipinski definition) is 1. The topological polar surface area (TPSA) is 42.7 Å². The molecule has 20 heavy (non-hydrogen) atoms. The van der Waals surface area contributed by atoms with Crippen LogP contribution in [0, 0.1) is 5.92 Å². The van der Waals surface area contributed by atoms with Crippen molar-refractivity contribution in [3.8, 4) is 0 Å². The monoisotopic (exact) mass is 270 g/mol. The molecule has 3 rings (SSSR count). The van der Waals surface area contributed by atoms with E-state index in [9.17, 15) is 0 Å². The number of benzene rings is 1. The molecule has 1 aliphatic heterocycles. The van der Waals surface area contributed by atoms with Gasteiger partial charge < -0.3 is 5.32 Å². The van der Waals surface area contributed by atoms with Gasteiger partial charge in [-0.15, -0.1) is 0 Å². The first-order chi connectivity index (χ1) is 9.65. The van der Waals surface area contributed by atoms with E-state index in [4.69, 9.17) is 4.98 Å². The third-order valence-electron chi connectivity index (χ3n) is 3.83. The molecule has 1 aromatic heterocycles. The van der Waals surface area contributed by atoms with Crippen LogP contribution in [-0.4, -0.2) is 21.3 Å². The molecule has 1 atom stereocenters. The maximum Gasteiger partial charge on any atom is 0.151 e. The number of fused-ring (bicyclic) bond motifs is 1. The highest BCUT2D eigenvalue weighted by atomic mass is 15.3. The van der Waals surface area contributed by atoms with E-state index in [0.29, 0.717) is 11.8 Å². The molecule has 2 aromatic rings. The summed E-state index contributed by atoms with van der Waals surface area (Å²) < 4.78 is 1.96. The van der Waals surface area contributed by atoms with E-state index < -0.39 is 0 Å². The normalized spacial score (nSPS) is 17.9. The molecule has 1 unspecified atom stereocenters. The Hall–Kier alpha value is -1.84. The number of rotatable bonds is 3. The molecule has 4 nitrogen and oxygen atoms in total. The maximum atomic E-state index is 4.80. The first-order valence-electron chi connectivity index (χ1n) is 7.37. The quantitative estimate of drug-likeness (QED) is 0.932. The Balaban J connectivity index is 1.96. The van der Waals surface area contributed by atoms with Crippen LogP contribution in [-0.2, 0) is 13.5 Å². The Labute approximate surface area is 120 Å². The Bertz CT molecular complexity index is 600. The van der Waals surface area contributed by atoms with Crippen LogP contribution in [0.2, 0.25) is 0 Å². The van der Waals surface area contributed by atoms with Crippen LogP contribution >= 0.6 is 0 Å². The van der Waals surface area contributed by atoms with Gasteiger partial charge in [0.1, 0.15) is 5.82 Å². The molecule has 0 saturated carbocycles. The minimum absolute atomic E-state index is 0.353. The van der Waals surface area contributed by atoms with Gasteiger partial charge in [-0.25, -0.2) is 4.98 Å². The van der Waals surface area contributed by atoms with E-state index >= 15 is 0 Å². The lowest BCUT2D eigenvalue weighted by atomic mass is 9.90. The Kier molecular flexibility index (Phi) is 3.47. The summed E-state index contributed by atoms with van der Waals surface area (Å²) in [5.74, 6) is 3.00. The van der Waals surface area contributed by atoms with Gasteiger partial charge in [-0.2, -0.15) is 5.10 Å². The van der Waals surface area contributed by atoms with Crippen molar-refractivity contribution in [1.82, 2.24) is 14.8 Å². The summed E-state index contributed by atoms with van der Waals surface area (Å²) in [5.41, 5.74) is 2.57. The van der Waals surface area contributed by atoms with Crippen molar-refractivity contribution in [2.75, 3.05) is 11.9 Å². The number of hydrogen-bond acceptors (Lipinski definition) is 3. The molecule has 0 radical (unpaired) electrons. The van der Waals surface area contributed by atoms with Crippen molar-refractivity contribution >= 4 is 5.69 Å². The fourth-order valence-corrected chi connectivity index (χ4v) is 2.94. The predicted octanol–water partition coefficient (Wildman–Crippen LogP) is 2.96. The van der Waals surface area contributed by atoms with Crippen molar-refractivity contribution in [1.29, 1.82) is 0 Å². The third kappa shape index (κ3) is 2.42. The Morgan fingerprint density at radius 3 is 2.95 bits per heavy atom. The first-order valence-corrected chi connectivity index (χ1v) is 7.37. The molecular formula is C16H22N4. The zero-order valence-electron chi connectivity index (χ0n) is 12.4. The fraction of sp³-hybridized carbons (Fsp3) is 0.500. The van der Waals surface area contributed by atoms with Crippen molar-refractivity contribution in [3.63, 3.8) is 0 Å². The van der Waals surface area contributed by atoms with Gasteiger partial charge in [0.15, 0.2) is 5.82 Å². The van der Waals surface area contributed by atoms with Crippen molar-refractivity contribution in [2.45, 2.75) is 32.6 Å². The molecule has 1 aromatic carbocycles. The molecule has 1 aliphatic rings. The molecule has 0 amide bonds. The molecule has 1 N–H and O–H groups in total. The third-order valence-corrected chi connectivity index (χ3v) is 3.83. The molecule has 4 heteroatoms. The second kappa shape index (κ2) is 5.27. The summed E-state index contributed by atoms with van der Waals surface area (Å²) in [7, 11) is 2.01. The van der Waals surface area contributed by atoms with E-state index in [1.807, 2.05) is 11.7 Å². The zero-order valence-corrected chi connectivity index (χ0v) is 12.4. The molecule has 0 aliphatic carbocycles. The van der Waals surface area contributed by atoms with Gasteiger partial charge in [0.05, 0.1) is 0 Å². The standard InChI is InChI=1S/C16H22N4/c1-11(2)10-15-18-16(20(3)19-15)13-8-9-17-14-7-5-4-6-12(13)14/h4-7,11,13,17H,8-10H2,1-3H3. The van der Waals surface area contributed by atoms with Crippen LogP contribution in [0.5, 0.6) is 0 Å². The largest absolute Gasteiger partial charge is 0.385 e. The van der Waals surface area contributed by atoms with Gasteiger partial charge in [0.2, 0.25) is 0 Å². The SMILES string of the molecule is CC(C)Cc1nc(C2CCNc3ccccc32)n(C)n1. The predicted molar refractivity (Wildman–Crippen MR) is 80.9 cm³/mol. The molecule has 0 saturated heterocycles. The molecule has 0 fully saturated rings. The van der Waals surface area contributed by atoms with E-state index in [0.717, 1.165) is 31.0 Å². The van der Waals surface area contributed by atoms with Crippen LogP contribution in [0.4, 0.5) is 5.69 Å². The van der Waals surface area contributed by atoms with Crippen molar-refractivity contribution in [3.05, 3.63) is 41.5 Å². The van der Waals surface area contributed by atoms with Gasteiger partial charge in [0.25, 0.3) is 0 Å². The summed E-state index contributed by atoms with van der Waals surface area (Å²) in [4.78, 5) is 4.80. The lowest BCUT2D eigenvalue weighted by Gasteiger charge is -2.25. The summed E-state index contributed by atoms with van der Waals surface area (Å²) in [6.45, 7) is 5.40. The number of anilines is 1. The summed E-state index contributed by atoms with van der Waals surface area (Å²) in [6.07, 6.45) is 2.02. The molecule has 0 bridgehead atoms. The maximum absolute atomic E-state index is 4.80. The highest BCUT2D eigenvalue weighted by Gasteiger charge is 2.25. The average molecular weight is 270 g/mol. The van der Waals surface area contributed by atoms with Gasteiger partial charge in [-0.05, 0) is 24.0 Å². The molecule has 2 heterocycles. The van der Waals surface area contributed by atoms with E-state index in [1.54, 1.807) is 0 Å². The minimum Gasteiger partial charge on any atom is -0.385 e. The summed E-state index contributed by atoms with van der Waals surface area (Å²) in [6, 6.07) is 8.52. The van der Waals surface area contributed by atoms with Crippen LogP contribution in [0.1, 0.15) is 43.4 Å². The number of nitrogens with zero attached hydrogens (tertiary/aromatic N) is 3. The lowest BCUT2D eigenvalue weighted by molar-refractivity contribution is 0.602. The van der Waals surface area contributed by atoms with Crippen molar-refractivity contribution in [2.24, 2.45) is 13.0 Å². The van der Waals surface area contributed by atoms with E-state index in [1.165, 1.54) is 11.3 Å². The lowest BCUT2D eigenvalue weighted by Crippen LogP contribution is -2.20. The molecule has 0 spiro atoms. The highest BCUT2D eigenvalue weighted by molar-refractivity contribution is 5.56. The molecule has 106 valence electrons. The second-order valence-corrected chi connectivity index (χ2v) is 5.96. The average Bonchev–Trinajstić information content (AvgIpc) is 2.78. The van der Waals surface area contributed by atoms with Crippen LogP contribution in [0.3, 0.4) is 0 Å². The first kappa shape index (κ1) is 13.2. The zero-order chi connectivity index (χ0) is 14.1. The number of nitrogens with one attached hydrogen (secondary N) is 1.